The van der Waals surface area contributed by atoms with Crippen LogP contribution in [0.1, 0.15) is 38.5 Å². The number of likely N-dealkylation sites (N-methyl/N-ethyl adjacent to an activating group) is 1. The molecule has 1 saturated carbocycles. The lowest BCUT2D eigenvalue weighted by Crippen LogP contribution is -2.41. The van der Waals surface area contributed by atoms with Crippen molar-refractivity contribution in [3.8, 4) is 0 Å². The molecule has 110 valence electrons. The Hall–Kier alpha value is -0.160. The molecule has 3 atom stereocenters. The lowest BCUT2D eigenvalue weighted by molar-refractivity contribution is 0.190. The second-order valence-electron chi connectivity index (χ2n) is 6.75. The highest BCUT2D eigenvalue weighted by Gasteiger charge is 2.34. The topological polar surface area (TPSA) is 38.7 Å². The van der Waals surface area contributed by atoms with Crippen molar-refractivity contribution in [3.05, 3.63) is 0 Å². The number of nitrogens with zero attached hydrogens (tertiary/aromatic N) is 2. The average Bonchev–Trinajstić information content (AvgIpc) is 3.15. The van der Waals surface area contributed by atoms with Gasteiger partial charge in [-0.3, -0.25) is 4.90 Å². The number of hydrogen-bond donors (Lipinski definition) is 2. The summed E-state index contributed by atoms with van der Waals surface area (Å²) >= 11 is 0. The van der Waals surface area contributed by atoms with Gasteiger partial charge in [0.15, 0.2) is 0 Å². The van der Waals surface area contributed by atoms with E-state index in [0.717, 1.165) is 25.0 Å². The molecule has 0 radical (unpaired) electrons. The molecule has 2 N–H and O–H groups in total. The second kappa shape index (κ2) is 6.08. The fraction of sp³-hybridized carbons (Fsp3) is 1.00. The summed E-state index contributed by atoms with van der Waals surface area (Å²) in [7, 11) is 2.30. The van der Waals surface area contributed by atoms with Crippen molar-refractivity contribution in [3.63, 3.8) is 0 Å². The van der Waals surface area contributed by atoms with Gasteiger partial charge in [0.2, 0.25) is 0 Å². The van der Waals surface area contributed by atoms with Gasteiger partial charge in [0.05, 0.1) is 6.61 Å². The van der Waals surface area contributed by atoms with Gasteiger partial charge in [-0.15, -0.1) is 0 Å². The fourth-order valence-corrected chi connectivity index (χ4v) is 3.73. The van der Waals surface area contributed by atoms with Crippen molar-refractivity contribution >= 4 is 0 Å². The zero-order valence-corrected chi connectivity index (χ0v) is 12.2. The van der Waals surface area contributed by atoms with E-state index in [1.54, 1.807) is 0 Å². The predicted molar refractivity (Wildman–Crippen MR) is 77.3 cm³/mol. The Labute approximate surface area is 117 Å². The first kappa shape index (κ1) is 13.8. The van der Waals surface area contributed by atoms with Gasteiger partial charge in [0.1, 0.15) is 0 Å². The molecule has 2 aliphatic heterocycles. The molecular formula is C15H29N3O. The van der Waals surface area contributed by atoms with Crippen LogP contribution in [0.25, 0.3) is 0 Å². The van der Waals surface area contributed by atoms with Gasteiger partial charge in [-0.1, -0.05) is 0 Å². The third-order valence-corrected chi connectivity index (χ3v) is 5.30. The summed E-state index contributed by atoms with van der Waals surface area (Å²) in [5.41, 5.74) is 0. The Balaban J connectivity index is 1.44. The molecule has 0 aromatic rings. The van der Waals surface area contributed by atoms with E-state index in [-0.39, 0.29) is 6.61 Å². The van der Waals surface area contributed by atoms with Crippen LogP contribution in [0.2, 0.25) is 0 Å². The fourth-order valence-electron chi connectivity index (χ4n) is 3.73. The molecule has 3 unspecified atom stereocenters. The van der Waals surface area contributed by atoms with Crippen LogP contribution in [0, 0.1) is 0 Å². The molecule has 0 spiro atoms. The quantitative estimate of drug-likeness (QED) is 0.741. The number of fused-ring (bicyclic) bond motifs is 2. The minimum Gasteiger partial charge on any atom is -0.395 e. The van der Waals surface area contributed by atoms with E-state index in [4.69, 9.17) is 0 Å². The van der Waals surface area contributed by atoms with E-state index >= 15 is 0 Å². The van der Waals surface area contributed by atoms with Crippen LogP contribution in [0.5, 0.6) is 0 Å². The van der Waals surface area contributed by atoms with Gasteiger partial charge >= 0.3 is 0 Å². The van der Waals surface area contributed by atoms with Crippen molar-refractivity contribution in [1.82, 2.24) is 15.1 Å². The maximum atomic E-state index is 9.45. The summed E-state index contributed by atoms with van der Waals surface area (Å²) in [5.74, 6) is 0. The summed E-state index contributed by atoms with van der Waals surface area (Å²) in [6.07, 6.45) is 7.80. The summed E-state index contributed by atoms with van der Waals surface area (Å²) in [4.78, 5) is 5.23. The Morgan fingerprint density at radius 2 is 1.95 bits per heavy atom. The molecule has 0 aromatic carbocycles. The van der Waals surface area contributed by atoms with Gasteiger partial charge in [0, 0.05) is 30.7 Å². The number of hydrogen-bond acceptors (Lipinski definition) is 4. The molecule has 3 rings (SSSR count). The van der Waals surface area contributed by atoms with Crippen LogP contribution in [-0.2, 0) is 0 Å². The molecule has 19 heavy (non-hydrogen) atoms. The molecule has 2 heterocycles. The zero-order chi connectivity index (χ0) is 13.2. The highest BCUT2D eigenvalue weighted by Crippen LogP contribution is 2.28. The van der Waals surface area contributed by atoms with Crippen LogP contribution >= 0.6 is 0 Å². The van der Waals surface area contributed by atoms with Crippen LogP contribution in [0.3, 0.4) is 0 Å². The number of likely N-dealkylation sites (tertiary alicyclic amines) is 1. The van der Waals surface area contributed by atoms with Gasteiger partial charge < -0.3 is 15.3 Å². The Morgan fingerprint density at radius 1 is 1.16 bits per heavy atom. The van der Waals surface area contributed by atoms with E-state index in [0.29, 0.717) is 12.1 Å². The zero-order valence-electron chi connectivity index (χ0n) is 12.2. The lowest BCUT2D eigenvalue weighted by Gasteiger charge is -2.27. The van der Waals surface area contributed by atoms with Crippen LogP contribution < -0.4 is 5.32 Å². The Bertz CT molecular complexity index is 295. The monoisotopic (exact) mass is 267 g/mol. The number of nitrogens with one attached hydrogen (secondary N) is 1. The van der Waals surface area contributed by atoms with Crippen molar-refractivity contribution in [2.45, 2.75) is 62.7 Å². The van der Waals surface area contributed by atoms with Crippen molar-refractivity contribution in [2.75, 3.05) is 33.3 Å². The largest absolute Gasteiger partial charge is 0.395 e. The molecular weight excluding hydrogens is 238 g/mol. The molecule has 1 aliphatic carbocycles. The van der Waals surface area contributed by atoms with Gasteiger partial charge in [-0.05, 0) is 58.7 Å². The molecule has 4 nitrogen and oxygen atoms in total. The number of rotatable bonds is 6. The summed E-state index contributed by atoms with van der Waals surface area (Å²) in [6.45, 7) is 3.90. The third kappa shape index (κ3) is 3.48. The first-order chi connectivity index (χ1) is 9.26. The number of aliphatic hydroxyl groups excluding tert-OH is 1. The first-order valence-corrected chi connectivity index (χ1v) is 8.07. The summed E-state index contributed by atoms with van der Waals surface area (Å²) < 4.78 is 0. The van der Waals surface area contributed by atoms with E-state index in [9.17, 15) is 5.11 Å². The highest BCUT2D eigenvalue weighted by molar-refractivity contribution is 4.91. The highest BCUT2D eigenvalue weighted by atomic mass is 16.3. The standard InChI is InChI=1S/C15H29N3O/c1-17-14-4-5-15(17)10-18(9-7-14)8-6-13(11-19)16-12-2-3-12/h12-16,19H,2-11H2,1H3. The maximum absolute atomic E-state index is 9.45. The minimum atomic E-state index is 0.288. The minimum absolute atomic E-state index is 0.288. The molecule has 2 bridgehead atoms. The summed E-state index contributed by atoms with van der Waals surface area (Å²) in [6, 6.07) is 2.61. The SMILES string of the molecule is CN1C2CCC1CN(CCC(CO)NC1CC1)CC2. The molecule has 3 aliphatic rings. The molecule has 3 fully saturated rings. The van der Waals surface area contributed by atoms with E-state index in [2.05, 4.69) is 22.2 Å². The second-order valence-corrected chi connectivity index (χ2v) is 6.75. The maximum Gasteiger partial charge on any atom is 0.0585 e. The van der Waals surface area contributed by atoms with Crippen LogP contribution in [0.4, 0.5) is 0 Å². The molecule has 2 saturated heterocycles. The first-order valence-electron chi connectivity index (χ1n) is 8.07. The normalized spacial score (nSPS) is 34.4. The Kier molecular flexibility index (Phi) is 4.42. The molecule has 4 heteroatoms. The van der Waals surface area contributed by atoms with E-state index in [1.807, 2.05) is 0 Å². The van der Waals surface area contributed by atoms with Gasteiger partial charge in [-0.25, -0.2) is 0 Å². The van der Waals surface area contributed by atoms with Gasteiger partial charge in [0.25, 0.3) is 0 Å². The predicted octanol–water partition coefficient (Wildman–Crippen LogP) is 0.658. The number of aliphatic hydroxyl groups is 1. The van der Waals surface area contributed by atoms with Crippen molar-refractivity contribution < 1.29 is 5.11 Å². The Morgan fingerprint density at radius 3 is 2.68 bits per heavy atom. The van der Waals surface area contributed by atoms with Crippen molar-refractivity contribution in [1.29, 1.82) is 0 Å². The average molecular weight is 267 g/mol. The van der Waals surface area contributed by atoms with Gasteiger partial charge in [-0.2, -0.15) is 0 Å². The van der Waals surface area contributed by atoms with Crippen LogP contribution in [0.15, 0.2) is 0 Å². The smallest absolute Gasteiger partial charge is 0.0585 e. The molecule has 0 amide bonds. The van der Waals surface area contributed by atoms with E-state index < -0.39 is 0 Å². The van der Waals surface area contributed by atoms with Crippen LogP contribution in [-0.4, -0.2) is 72.4 Å². The molecule has 0 aromatic heterocycles. The lowest BCUT2D eigenvalue weighted by atomic mass is 10.1. The van der Waals surface area contributed by atoms with Crippen molar-refractivity contribution in [2.24, 2.45) is 0 Å². The third-order valence-electron chi connectivity index (χ3n) is 5.30. The van der Waals surface area contributed by atoms with E-state index in [1.165, 1.54) is 45.2 Å². The summed E-state index contributed by atoms with van der Waals surface area (Å²) in [5, 5.41) is 13.0.